The number of hydrogen-bond acceptors (Lipinski definition) is 7. The molecular weight excluding hydrogens is 484 g/mol. The van der Waals surface area contributed by atoms with E-state index < -0.39 is 11.2 Å². The topological polar surface area (TPSA) is 152 Å². The van der Waals surface area contributed by atoms with Crippen molar-refractivity contribution in [3.63, 3.8) is 0 Å². The van der Waals surface area contributed by atoms with Crippen molar-refractivity contribution in [2.75, 3.05) is 38.0 Å². The van der Waals surface area contributed by atoms with E-state index in [9.17, 15) is 14.4 Å². The predicted molar refractivity (Wildman–Crippen MR) is 147 cm³/mol. The van der Waals surface area contributed by atoms with Crippen LogP contribution in [0.5, 0.6) is 0 Å². The number of amides is 3. The molecule has 0 bridgehead atoms. The third-order valence-corrected chi connectivity index (χ3v) is 7.28. The molecule has 38 heavy (non-hydrogen) atoms. The van der Waals surface area contributed by atoms with Crippen LogP contribution in [0.1, 0.15) is 45.1 Å². The average molecular weight is 525 g/mol. The number of aromatic nitrogens is 2. The van der Waals surface area contributed by atoms with E-state index in [1.165, 1.54) is 10.1 Å². The Kier molecular flexibility index (Phi) is 8.80. The zero-order valence-corrected chi connectivity index (χ0v) is 22.4. The van der Waals surface area contributed by atoms with Gasteiger partial charge in [-0.25, -0.2) is 9.59 Å². The predicted octanol–water partition coefficient (Wildman–Crippen LogP) is 1.05. The fourth-order valence-corrected chi connectivity index (χ4v) is 4.95. The minimum Gasteiger partial charge on any atom is -0.338 e. The van der Waals surface area contributed by atoms with Crippen LogP contribution in [-0.4, -0.2) is 81.6 Å². The summed E-state index contributed by atoms with van der Waals surface area (Å²) < 4.78 is 1.45. The van der Waals surface area contributed by atoms with E-state index in [2.05, 4.69) is 15.6 Å². The van der Waals surface area contributed by atoms with E-state index in [1.54, 1.807) is 35.9 Å². The van der Waals surface area contributed by atoms with Crippen molar-refractivity contribution >= 4 is 17.8 Å². The molecule has 206 valence electrons. The molecule has 1 aliphatic carbocycles. The number of nitrogens with zero attached hydrogens (tertiary/aromatic N) is 4. The molecule has 0 spiro atoms. The van der Waals surface area contributed by atoms with Crippen LogP contribution in [0.3, 0.4) is 0 Å². The van der Waals surface area contributed by atoms with Crippen LogP contribution in [-0.2, 0) is 11.2 Å². The van der Waals surface area contributed by atoms with Gasteiger partial charge < -0.3 is 26.6 Å². The van der Waals surface area contributed by atoms with Crippen molar-refractivity contribution < 1.29 is 9.59 Å². The van der Waals surface area contributed by atoms with Crippen molar-refractivity contribution in [3.8, 4) is 5.69 Å². The number of carbonyl (C=O) groups is 2. The summed E-state index contributed by atoms with van der Waals surface area (Å²) in [5.74, 6) is 0.0433. The van der Waals surface area contributed by atoms with Crippen molar-refractivity contribution in [3.05, 3.63) is 52.6 Å². The maximum atomic E-state index is 12.7. The third-order valence-electron chi connectivity index (χ3n) is 7.28. The molecule has 1 aromatic heterocycles. The molecule has 1 aromatic carbocycles. The third kappa shape index (κ3) is 7.18. The van der Waals surface area contributed by atoms with Crippen molar-refractivity contribution in [2.45, 2.75) is 63.6 Å². The molecule has 0 radical (unpaired) electrons. The molecule has 2 fully saturated rings. The maximum Gasteiger partial charge on any atom is 0.354 e. The first-order valence-corrected chi connectivity index (χ1v) is 13.4. The number of piperazine rings is 1. The van der Waals surface area contributed by atoms with Gasteiger partial charge >= 0.3 is 11.7 Å². The van der Waals surface area contributed by atoms with Gasteiger partial charge in [0.15, 0.2) is 0 Å². The average Bonchev–Trinajstić information content (AvgIpc) is 2.89. The number of anilines is 1. The Bertz CT molecular complexity index is 1160. The lowest BCUT2D eigenvalue weighted by Gasteiger charge is -2.37. The number of hydrogen-bond donors (Lipinski definition) is 4. The number of benzene rings is 1. The summed E-state index contributed by atoms with van der Waals surface area (Å²) in [4.78, 5) is 45.0. The van der Waals surface area contributed by atoms with Crippen LogP contribution < -0.4 is 27.8 Å². The molecular formula is C27H40N8O3. The molecule has 2 heterocycles. The molecule has 3 amide bonds. The zero-order chi connectivity index (χ0) is 27.3. The normalized spacial score (nSPS) is 20.3. The summed E-state index contributed by atoms with van der Waals surface area (Å²) in [7, 11) is 0. The van der Waals surface area contributed by atoms with Gasteiger partial charge in [0.2, 0.25) is 5.91 Å². The lowest BCUT2D eigenvalue weighted by molar-refractivity contribution is -0.137. The van der Waals surface area contributed by atoms with Crippen molar-refractivity contribution in [2.24, 2.45) is 11.5 Å². The molecule has 4 rings (SSSR count). The molecule has 0 unspecified atom stereocenters. The SMILES string of the molecule is CC(C)(N)C(=O)N1CCN(C(=O)Nc2ccn(-c3ccc(CCN[C@H]4CC[C@H](N)CC4)cc3)c(=O)n2)CC1. The molecule has 1 saturated heterocycles. The fraction of sp³-hybridized carbons (Fsp3) is 0.556. The van der Waals surface area contributed by atoms with Gasteiger partial charge in [-0.1, -0.05) is 12.1 Å². The second-order valence-electron chi connectivity index (χ2n) is 10.9. The zero-order valence-electron chi connectivity index (χ0n) is 22.4. The first-order valence-electron chi connectivity index (χ1n) is 13.4. The van der Waals surface area contributed by atoms with Gasteiger partial charge in [0.25, 0.3) is 0 Å². The monoisotopic (exact) mass is 524 g/mol. The Hall–Kier alpha value is -3.28. The van der Waals surface area contributed by atoms with Gasteiger partial charge in [-0.05, 0) is 76.3 Å². The highest BCUT2D eigenvalue weighted by molar-refractivity contribution is 5.89. The summed E-state index contributed by atoms with van der Waals surface area (Å²) in [6.45, 7) is 5.81. The quantitative estimate of drug-likeness (QED) is 0.422. The number of urea groups is 1. The number of rotatable bonds is 7. The summed E-state index contributed by atoms with van der Waals surface area (Å²) >= 11 is 0. The molecule has 1 saturated carbocycles. The van der Waals surface area contributed by atoms with Crippen LogP contribution in [0.25, 0.3) is 5.69 Å². The van der Waals surface area contributed by atoms with Crippen LogP contribution in [0.4, 0.5) is 10.6 Å². The number of nitrogens with one attached hydrogen (secondary N) is 2. The van der Waals surface area contributed by atoms with E-state index in [0.29, 0.717) is 44.0 Å². The molecule has 2 aromatic rings. The largest absolute Gasteiger partial charge is 0.354 e. The van der Waals surface area contributed by atoms with E-state index >= 15 is 0 Å². The summed E-state index contributed by atoms with van der Waals surface area (Å²) in [5, 5.41) is 6.31. The highest BCUT2D eigenvalue weighted by atomic mass is 16.2. The highest BCUT2D eigenvalue weighted by Crippen LogP contribution is 2.17. The second kappa shape index (κ2) is 12.1. The Labute approximate surface area is 223 Å². The Morgan fingerprint density at radius 2 is 1.63 bits per heavy atom. The highest BCUT2D eigenvalue weighted by Gasteiger charge is 2.31. The van der Waals surface area contributed by atoms with E-state index in [-0.39, 0.29) is 17.8 Å². The molecule has 0 atom stereocenters. The van der Waals surface area contributed by atoms with Gasteiger partial charge in [-0.2, -0.15) is 4.98 Å². The van der Waals surface area contributed by atoms with Gasteiger partial charge in [-0.3, -0.25) is 14.7 Å². The van der Waals surface area contributed by atoms with Crippen molar-refractivity contribution in [1.29, 1.82) is 0 Å². The van der Waals surface area contributed by atoms with Gasteiger partial charge in [0.1, 0.15) is 5.82 Å². The number of carbonyl (C=O) groups excluding carboxylic acids is 2. The Morgan fingerprint density at radius 1 is 1.00 bits per heavy atom. The first-order chi connectivity index (χ1) is 18.1. The van der Waals surface area contributed by atoms with Gasteiger partial charge in [0, 0.05) is 44.5 Å². The summed E-state index contributed by atoms with van der Waals surface area (Å²) in [6, 6.07) is 9.99. The minimum atomic E-state index is -0.945. The summed E-state index contributed by atoms with van der Waals surface area (Å²) in [5.41, 5.74) is 12.4. The van der Waals surface area contributed by atoms with Crippen molar-refractivity contribution in [1.82, 2.24) is 24.7 Å². The summed E-state index contributed by atoms with van der Waals surface area (Å²) in [6.07, 6.45) is 6.96. The smallest absolute Gasteiger partial charge is 0.338 e. The minimum absolute atomic E-state index is 0.141. The van der Waals surface area contributed by atoms with Crippen LogP contribution in [0.15, 0.2) is 41.3 Å². The molecule has 11 heteroatoms. The van der Waals surface area contributed by atoms with Crippen LogP contribution in [0, 0.1) is 0 Å². The Morgan fingerprint density at radius 3 is 2.24 bits per heavy atom. The fourth-order valence-electron chi connectivity index (χ4n) is 4.95. The van der Waals surface area contributed by atoms with Gasteiger partial charge in [-0.15, -0.1) is 0 Å². The second-order valence-corrected chi connectivity index (χ2v) is 10.9. The standard InChI is InChI=1S/C27H40N8O3/c1-27(2,29)24(36)33-15-17-34(18-16-33)25(37)31-23-12-14-35(26(38)32-23)22-9-3-19(4-10-22)11-13-30-21-7-5-20(28)6-8-21/h3-4,9-10,12,14,20-21,30H,5-8,11,13,15-18,28-29H2,1-2H3,(H,31,32,37,38)/t20-,21-. The lowest BCUT2D eigenvalue weighted by atomic mass is 9.92. The van der Waals surface area contributed by atoms with E-state index in [0.717, 1.165) is 38.6 Å². The van der Waals surface area contributed by atoms with Crippen LogP contribution in [0.2, 0.25) is 0 Å². The molecule has 6 N–H and O–H groups in total. The molecule has 11 nitrogen and oxygen atoms in total. The molecule has 2 aliphatic rings. The van der Waals surface area contributed by atoms with Gasteiger partial charge in [0.05, 0.1) is 11.2 Å². The number of nitrogens with two attached hydrogens (primary N) is 2. The maximum absolute atomic E-state index is 12.7. The lowest BCUT2D eigenvalue weighted by Crippen LogP contribution is -2.58. The van der Waals surface area contributed by atoms with E-state index in [1.807, 2.05) is 24.3 Å². The Balaban J connectivity index is 1.27. The molecule has 1 aliphatic heterocycles. The van der Waals surface area contributed by atoms with Crippen LogP contribution >= 0.6 is 0 Å². The first kappa shape index (κ1) is 27.7. The van der Waals surface area contributed by atoms with E-state index in [4.69, 9.17) is 11.5 Å².